The molecule has 0 aliphatic heterocycles. The summed E-state index contributed by atoms with van der Waals surface area (Å²) in [5, 5.41) is 0. The Hall–Kier alpha value is -1.17. The number of alkyl halides is 2. The highest BCUT2D eigenvalue weighted by Crippen LogP contribution is 2.34. The van der Waals surface area contributed by atoms with Crippen LogP contribution in [0.5, 0.6) is 5.75 Å². The van der Waals surface area contributed by atoms with Crippen LogP contribution in [0.1, 0.15) is 15.9 Å². The molecule has 7 heteroatoms. The maximum absolute atomic E-state index is 12.3. The van der Waals surface area contributed by atoms with E-state index in [-0.39, 0.29) is 21.2 Å². The van der Waals surface area contributed by atoms with E-state index in [4.69, 9.17) is 23.2 Å². The summed E-state index contributed by atoms with van der Waals surface area (Å²) in [7, 11) is 0. The number of hydrogen-bond acceptors (Lipinski definition) is 3. The second-order valence-corrected chi connectivity index (χ2v) is 5.73. The van der Waals surface area contributed by atoms with Crippen molar-refractivity contribution in [3.8, 4) is 5.75 Å². The molecule has 0 spiro atoms. The van der Waals surface area contributed by atoms with Crippen molar-refractivity contribution in [2.45, 2.75) is 6.61 Å². The zero-order chi connectivity index (χ0) is 14.0. The molecule has 1 aromatic heterocycles. The molecule has 2 nitrogen and oxygen atoms in total. The van der Waals surface area contributed by atoms with Gasteiger partial charge < -0.3 is 4.74 Å². The van der Waals surface area contributed by atoms with Crippen molar-refractivity contribution < 1.29 is 18.3 Å². The number of rotatable bonds is 4. The lowest BCUT2D eigenvalue weighted by atomic mass is 10.1. The number of carbonyl (C=O) groups is 1. The maximum Gasteiger partial charge on any atom is 0.387 e. The van der Waals surface area contributed by atoms with Gasteiger partial charge in [-0.1, -0.05) is 35.3 Å². The lowest BCUT2D eigenvalue weighted by Gasteiger charge is -2.09. The first-order chi connectivity index (χ1) is 8.99. The standard InChI is InChI=1S/C12H6Cl2F2O2S/c13-9-5-7(11(14)19-9)10(17)6-3-1-2-4-8(6)18-12(15)16/h1-5,12H. The van der Waals surface area contributed by atoms with Crippen molar-refractivity contribution >= 4 is 40.3 Å². The number of ether oxygens (including phenoxy) is 1. The molecule has 2 rings (SSSR count). The number of carbonyl (C=O) groups excluding carboxylic acids is 1. The van der Waals surface area contributed by atoms with Crippen LogP contribution in [-0.2, 0) is 0 Å². The minimum Gasteiger partial charge on any atom is -0.434 e. The highest BCUT2D eigenvalue weighted by atomic mass is 35.5. The van der Waals surface area contributed by atoms with E-state index in [0.29, 0.717) is 4.34 Å². The third kappa shape index (κ3) is 3.23. The van der Waals surface area contributed by atoms with Crippen molar-refractivity contribution in [2.24, 2.45) is 0 Å². The number of benzene rings is 1. The first-order valence-corrected chi connectivity index (χ1v) is 6.59. The van der Waals surface area contributed by atoms with Gasteiger partial charge in [0.05, 0.1) is 15.5 Å². The Labute approximate surface area is 121 Å². The third-order valence-corrected chi connectivity index (χ3v) is 3.74. The van der Waals surface area contributed by atoms with E-state index in [1.165, 1.54) is 24.3 Å². The van der Waals surface area contributed by atoms with E-state index in [0.717, 1.165) is 11.3 Å². The van der Waals surface area contributed by atoms with Gasteiger partial charge in [-0.25, -0.2) is 0 Å². The summed E-state index contributed by atoms with van der Waals surface area (Å²) in [5.74, 6) is -0.703. The number of para-hydroxylation sites is 1. The van der Waals surface area contributed by atoms with E-state index in [2.05, 4.69) is 4.74 Å². The van der Waals surface area contributed by atoms with Gasteiger partial charge in [-0.15, -0.1) is 11.3 Å². The van der Waals surface area contributed by atoms with Gasteiger partial charge in [-0.2, -0.15) is 8.78 Å². The van der Waals surface area contributed by atoms with Crippen LogP contribution in [-0.4, -0.2) is 12.4 Å². The Bertz CT molecular complexity index is 614. The van der Waals surface area contributed by atoms with Gasteiger partial charge in [0, 0.05) is 0 Å². The predicted octanol–water partition coefficient (Wildman–Crippen LogP) is 4.89. The lowest BCUT2D eigenvalue weighted by molar-refractivity contribution is -0.0501. The van der Waals surface area contributed by atoms with E-state index in [9.17, 15) is 13.6 Å². The summed E-state index contributed by atoms with van der Waals surface area (Å²) in [6, 6.07) is 7.13. The average molecular weight is 323 g/mol. The summed E-state index contributed by atoms with van der Waals surface area (Å²) < 4.78 is 29.4. The SMILES string of the molecule is O=C(c1ccccc1OC(F)F)c1cc(Cl)sc1Cl. The van der Waals surface area contributed by atoms with Crippen molar-refractivity contribution in [1.29, 1.82) is 0 Å². The molecular formula is C12H6Cl2F2O2S. The minimum atomic E-state index is -3.00. The van der Waals surface area contributed by atoms with Gasteiger partial charge in [-0.3, -0.25) is 4.79 Å². The molecule has 0 radical (unpaired) electrons. The molecule has 0 atom stereocenters. The summed E-state index contributed by atoms with van der Waals surface area (Å²) in [6.45, 7) is -3.00. The van der Waals surface area contributed by atoms with Gasteiger partial charge in [0.2, 0.25) is 0 Å². The first kappa shape index (κ1) is 14.2. The van der Waals surface area contributed by atoms with Gasteiger partial charge in [0.1, 0.15) is 10.1 Å². The molecule has 0 aliphatic carbocycles. The van der Waals surface area contributed by atoms with Crippen molar-refractivity contribution in [3.05, 3.63) is 50.1 Å². The van der Waals surface area contributed by atoms with Crippen LogP contribution in [0, 0.1) is 0 Å². The highest BCUT2D eigenvalue weighted by Gasteiger charge is 2.20. The van der Waals surface area contributed by atoms with Crippen LogP contribution >= 0.6 is 34.5 Å². The Morgan fingerprint density at radius 3 is 2.47 bits per heavy atom. The molecular weight excluding hydrogens is 317 g/mol. The molecule has 1 aromatic carbocycles. The van der Waals surface area contributed by atoms with Gasteiger partial charge in [0.15, 0.2) is 5.78 Å². The zero-order valence-corrected chi connectivity index (χ0v) is 11.5. The number of thiophene rings is 1. The van der Waals surface area contributed by atoms with Gasteiger partial charge >= 0.3 is 6.61 Å². The number of hydrogen-bond donors (Lipinski definition) is 0. The minimum absolute atomic E-state index is 0.0131. The lowest BCUT2D eigenvalue weighted by Crippen LogP contribution is -2.08. The summed E-state index contributed by atoms with van der Waals surface area (Å²) >= 11 is 12.7. The van der Waals surface area contributed by atoms with E-state index >= 15 is 0 Å². The molecule has 0 unspecified atom stereocenters. The molecule has 0 amide bonds. The quantitative estimate of drug-likeness (QED) is 0.749. The predicted molar refractivity (Wildman–Crippen MR) is 70.8 cm³/mol. The van der Waals surface area contributed by atoms with E-state index in [1.807, 2.05) is 0 Å². The van der Waals surface area contributed by atoms with Crippen molar-refractivity contribution in [3.63, 3.8) is 0 Å². The largest absolute Gasteiger partial charge is 0.434 e. The van der Waals surface area contributed by atoms with Crippen LogP contribution < -0.4 is 4.74 Å². The number of halogens is 4. The Balaban J connectivity index is 2.41. The van der Waals surface area contributed by atoms with E-state index < -0.39 is 12.4 Å². The monoisotopic (exact) mass is 322 g/mol. The van der Waals surface area contributed by atoms with Crippen LogP contribution in [0.4, 0.5) is 8.78 Å². The molecule has 0 saturated carbocycles. The zero-order valence-electron chi connectivity index (χ0n) is 9.20. The molecule has 19 heavy (non-hydrogen) atoms. The fraction of sp³-hybridized carbons (Fsp3) is 0.0833. The molecule has 1 heterocycles. The summed E-state index contributed by atoms with van der Waals surface area (Å²) in [5.41, 5.74) is 0.182. The molecule has 100 valence electrons. The molecule has 2 aromatic rings. The Kier molecular flexibility index (Phi) is 4.39. The smallest absolute Gasteiger partial charge is 0.387 e. The molecule has 0 N–H and O–H groups in total. The van der Waals surface area contributed by atoms with Crippen LogP contribution in [0.2, 0.25) is 8.67 Å². The second kappa shape index (κ2) is 5.86. The van der Waals surface area contributed by atoms with Gasteiger partial charge in [0.25, 0.3) is 0 Å². The fourth-order valence-electron chi connectivity index (χ4n) is 1.49. The summed E-state index contributed by atoms with van der Waals surface area (Å²) in [4.78, 5) is 12.2. The fourth-order valence-corrected chi connectivity index (χ4v) is 2.95. The first-order valence-electron chi connectivity index (χ1n) is 5.02. The number of ketones is 1. The topological polar surface area (TPSA) is 26.3 Å². The van der Waals surface area contributed by atoms with Crippen molar-refractivity contribution in [1.82, 2.24) is 0 Å². The normalized spacial score (nSPS) is 10.8. The molecule has 0 saturated heterocycles. The third-order valence-electron chi connectivity index (χ3n) is 2.25. The molecule has 0 aliphatic rings. The highest BCUT2D eigenvalue weighted by molar-refractivity contribution is 7.20. The summed E-state index contributed by atoms with van der Waals surface area (Å²) in [6.07, 6.45) is 0. The molecule has 0 bridgehead atoms. The van der Waals surface area contributed by atoms with Crippen LogP contribution in [0.25, 0.3) is 0 Å². The Morgan fingerprint density at radius 1 is 1.21 bits per heavy atom. The van der Waals surface area contributed by atoms with Crippen LogP contribution in [0.3, 0.4) is 0 Å². The van der Waals surface area contributed by atoms with Crippen LogP contribution in [0.15, 0.2) is 30.3 Å². The average Bonchev–Trinajstić information content (AvgIpc) is 2.67. The van der Waals surface area contributed by atoms with E-state index in [1.54, 1.807) is 6.07 Å². The maximum atomic E-state index is 12.3. The van der Waals surface area contributed by atoms with Crippen molar-refractivity contribution in [2.75, 3.05) is 0 Å². The second-order valence-electron chi connectivity index (χ2n) is 3.44. The Morgan fingerprint density at radius 2 is 1.89 bits per heavy atom. The van der Waals surface area contributed by atoms with Gasteiger partial charge in [-0.05, 0) is 18.2 Å². The molecule has 0 fully saturated rings.